The van der Waals surface area contributed by atoms with Crippen LogP contribution in [-0.2, 0) is 28.6 Å². The van der Waals surface area contributed by atoms with Crippen LogP contribution in [0.2, 0.25) is 0 Å². The summed E-state index contributed by atoms with van der Waals surface area (Å²) in [6.07, 6.45) is 76.5. The molecule has 0 aromatic rings. The van der Waals surface area contributed by atoms with E-state index in [0.29, 0.717) is 19.3 Å². The molecule has 0 saturated heterocycles. The Labute approximate surface area is 425 Å². The largest absolute Gasteiger partial charge is 0.462 e. The second kappa shape index (κ2) is 56.7. The fourth-order valence-corrected chi connectivity index (χ4v) is 7.43. The number of carbonyl (C=O) groups is 3. The van der Waals surface area contributed by atoms with E-state index in [1.54, 1.807) is 0 Å². The maximum atomic E-state index is 12.8. The zero-order valence-electron chi connectivity index (χ0n) is 44.8. The lowest BCUT2D eigenvalue weighted by molar-refractivity contribution is -0.166. The quantitative estimate of drug-likeness (QED) is 0.0262. The molecular formula is C63H104O6. The van der Waals surface area contributed by atoms with Gasteiger partial charge in [-0.1, -0.05) is 220 Å². The summed E-state index contributed by atoms with van der Waals surface area (Å²) in [5, 5.41) is 0. The van der Waals surface area contributed by atoms with Crippen molar-refractivity contribution in [2.45, 2.75) is 258 Å². The molecule has 1 atom stereocenters. The molecule has 0 spiro atoms. The fourth-order valence-electron chi connectivity index (χ4n) is 7.43. The van der Waals surface area contributed by atoms with Gasteiger partial charge in [-0.2, -0.15) is 0 Å². The topological polar surface area (TPSA) is 78.9 Å². The highest BCUT2D eigenvalue weighted by Gasteiger charge is 2.19. The van der Waals surface area contributed by atoms with E-state index in [0.717, 1.165) is 103 Å². The van der Waals surface area contributed by atoms with Crippen molar-refractivity contribution in [1.82, 2.24) is 0 Å². The normalized spacial score (nSPS) is 12.9. The number of allylic oxidation sites excluding steroid dienone is 18. The van der Waals surface area contributed by atoms with E-state index < -0.39 is 6.10 Å². The molecule has 0 bridgehead atoms. The highest BCUT2D eigenvalue weighted by atomic mass is 16.6. The summed E-state index contributed by atoms with van der Waals surface area (Å²) < 4.78 is 16.8. The van der Waals surface area contributed by atoms with Crippen LogP contribution in [0.1, 0.15) is 252 Å². The number of esters is 3. The summed E-state index contributed by atoms with van der Waals surface area (Å²) in [6.45, 7) is 6.49. The van der Waals surface area contributed by atoms with Gasteiger partial charge in [0.05, 0.1) is 0 Å². The third-order valence-electron chi connectivity index (χ3n) is 11.7. The number of hydrogen-bond donors (Lipinski definition) is 0. The van der Waals surface area contributed by atoms with Crippen LogP contribution >= 0.6 is 0 Å². The van der Waals surface area contributed by atoms with Crippen molar-refractivity contribution in [2.75, 3.05) is 13.2 Å². The first-order valence-corrected chi connectivity index (χ1v) is 28.4. The van der Waals surface area contributed by atoms with Gasteiger partial charge < -0.3 is 14.2 Å². The van der Waals surface area contributed by atoms with Crippen LogP contribution < -0.4 is 0 Å². The molecule has 0 aromatic heterocycles. The molecule has 0 fully saturated rings. The van der Waals surface area contributed by atoms with Crippen molar-refractivity contribution in [3.05, 3.63) is 109 Å². The molecule has 392 valence electrons. The Hall–Kier alpha value is -3.93. The second-order valence-electron chi connectivity index (χ2n) is 18.5. The smallest absolute Gasteiger partial charge is 0.306 e. The molecule has 0 aliphatic heterocycles. The van der Waals surface area contributed by atoms with Crippen LogP contribution in [0.5, 0.6) is 0 Å². The molecule has 0 aliphatic rings. The van der Waals surface area contributed by atoms with Crippen molar-refractivity contribution >= 4 is 17.9 Å². The monoisotopic (exact) mass is 957 g/mol. The zero-order valence-corrected chi connectivity index (χ0v) is 44.8. The minimum Gasteiger partial charge on any atom is -0.462 e. The van der Waals surface area contributed by atoms with E-state index >= 15 is 0 Å². The van der Waals surface area contributed by atoms with E-state index in [1.807, 2.05) is 6.08 Å². The maximum absolute atomic E-state index is 12.8. The average Bonchev–Trinajstić information content (AvgIpc) is 3.35. The standard InChI is InChI=1S/C63H104O6/c1-4-7-10-13-16-19-22-25-28-30-31-33-36-38-41-44-47-50-53-56-62(65)68-59-60(69-63(66)57-54-51-48-45-42-39-34-27-24-21-18-15-12-9-6-3)58-67-61(64)55-52-49-46-43-40-37-35-32-29-26-23-20-17-14-11-8-5-2/h16-17,19-20,25-29,31,33-35,37-38,41,47,50,60H,4-15,18,21-24,30,32,36,39-40,42-46,48-49,51-59H2,1-3H3/b19-16-,20-17-,28-25-,29-26-,33-31-,34-27-,37-35-,41-38-,50-47-/t60-/m0/s1. The van der Waals surface area contributed by atoms with Crippen LogP contribution in [0, 0.1) is 0 Å². The minimum absolute atomic E-state index is 0.117. The summed E-state index contributed by atoms with van der Waals surface area (Å²) in [5.74, 6) is -1.03. The Balaban J connectivity index is 4.56. The second-order valence-corrected chi connectivity index (χ2v) is 18.5. The van der Waals surface area contributed by atoms with Gasteiger partial charge in [0.2, 0.25) is 0 Å². The first-order chi connectivity index (χ1) is 34.0. The third kappa shape index (κ3) is 54.9. The van der Waals surface area contributed by atoms with E-state index in [4.69, 9.17) is 14.2 Å². The van der Waals surface area contributed by atoms with Crippen molar-refractivity contribution < 1.29 is 28.6 Å². The van der Waals surface area contributed by atoms with Crippen molar-refractivity contribution in [3.8, 4) is 0 Å². The van der Waals surface area contributed by atoms with Gasteiger partial charge in [-0.05, 0) is 122 Å². The molecule has 0 saturated carbocycles. The fraction of sp³-hybridized carbons (Fsp3) is 0.667. The summed E-state index contributed by atoms with van der Waals surface area (Å²) >= 11 is 0. The van der Waals surface area contributed by atoms with Crippen molar-refractivity contribution in [1.29, 1.82) is 0 Å². The molecule has 0 aromatic carbocycles. The van der Waals surface area contributed by atoms with Gasteiger partial charge in [0, 0.05) is 19.3 Å². The van der Waals surface area contributed by atoms with E-state index in [-0.39, 0.29) is 37.5 Å². The summed E-state index contributed by atoms with van der Waals surface area (Å²) in [4.78, 5) is 38.1. The molecule has 0 heterocycles. The van der Waals surface area contributed by atoms with E-state index in [2.05, 4.69) is 124 Å². The number of ether oxygens (including phenoxy) is 3. The number of unbranched alkanes of at least 4 members (excludes halogenated alkanes) is 21. The predicted molar refractivity (Wildman–Crippen MR) is 297 cm³/mol. The zero-order chi connectivity index (χ0) is 50.0. The molecule has 0 amide bonds. The molecule has 69 heavy (non-hydrogen) atoms. The van der Waals surface area contributed by atoms with Crippen LogP contribution in [0.4, 0.5) is 0 Å². The van der Waals surface area contributed by atoms with Crippen LogP contribution in [0.25, 0.3) is 0 Å². The maximum Gasteiger partial charge on any atom is 0.306 e. The van der Waals surface area contributed by atoms with Crippen molar-refractivity contribution in [3.63, 3.8) is 0 Å². The van der Waals surface area contributed by atoms with E-state index in [1.165, 1.54) is 103 Å². The molecule has 0 aliphatic carbocycles. The third-order valence-corrected chi connectivity index (χ3v) is 11.7. The van der Waals surface area contributed by atoms with Crippen molar-refractivity contribution in [2.24, 2.45) is 0 Å². The van der Waals surface area contributed by atoms with Gasteiger partial charge in [0.25, 0.3) is 0 Å². The Morgan fingerprint density at radius 2 is 0.551 bits per heavy atom. The minimum atomic E-state index is -0.824. The van der Waals surface area contributed by atoms with Gasteiger partial charge in [0.1, 0.15) is 13.2 Å². The van der Waals surface area contributed by atoms with Gasteiger partial charge >= 0.3 is 17.9 Å². The summed E-state index contributed by atoms with van der Waals surface area (Å²) in [6, 6.07) is 0. The molecule has 0 N–H and O–H groups in total. The Morgan fingerprint density at radius 1 is 0.290 bits per heavy atom. The Morgan fingerprint density at radius 3 is 0.942 bits per heavy atom. The Kier molecular flexibility index (Phi) is 53.4. The van der Waals surface area contributed by atoms with Gasteiger partial charge in [-0.25, -0.2) is 0 Å². The lowest BCUT2D eigenvalue weighted by Crippen LogP contribution is -2.30. The van der Waals surface area contributed by atoms with Gasteiger partial charge in [-0.15, -0.1) is 0 Å². The number of carbonyl (C=O) groups excluding carboxylic acids is 3. The van der Waals surface area contributed by atoms with Crippen LogP contribution in [-0.4, -0.2) is 37.2 Å². The van der Waals surface area contributed by atoms with Crippen LogP contribution in [0.15, 0.2) is 109 Å². The SMILES string of the molecule is CCCCC/C=C\C/C=C\C/C=C\C/C=C\C/C=C\CCC(=O)OC[C@H](COC(=O)CCCCCC/C=C\C/C=C\C/C=C\CCCCC)OC(=O)CCCCCCC/C=C\CCCCCCCC. The Bertz CT molecular complexity index is 1420. The highest BCUT2D eigenvalue weighted by Crippen LogP contribution is 2.13. The van der Waals surface area contributed by atoms with E-state index in [9.17, 15) is 14.4 Å². The van der Waals surface area contributed by atoms with Gasteiger partial charge in [0.15, 0.2) is 6.10 Å². The molecular weight excluding hydrogens is 853 g/mol. The lowest BCUT2D eigenvalue weighted by Gasteiger charge is -2.18. The summed E-state index contributed by atoms with van der Waals surface area (Å²) in [5.41, 5.74) is 0. The number of hydrogen-bond acceptors (Lipinski definition) is 6. The van der Waals surface area contributed by atoms with Gasteiger partial charge in [-0.3, -0.25) is 14.4 Å². The lowest BCUT2D eigenvalue weighted by atomic mass is 10.1. The number of rotatable bonds is 50. The molecule has 0 radical (unpaired) electrons. The van der Waals surface area contributed by atoms with Crippen LogP contribution in [0.3, 0.4) is 0 Å². The first kappa shape index (κ1) is 65.1. The molecule has 0 unspecified atom stereocenters. The first-order valence-electron chi connectivity index (χ1n) is 28.4. The molecule has 6 heteroatoms. The average molecular weight is 958 g/mol. The highest BCUT2D eigenvalue weighted by molar-refractivity contribution is 5.71. The summed E-state index contributed by atoms with van der Waals surface area (Å²) in [7, 11) is 0. The molecule has 0 rings (SSSR count). The molecule has 6 nitrogen and oxygen atoms in total. The predicted octanol–water partition coefficient (Wildman–Crippen LogP) is 19.1.